The van der Waals surface area contributed by atoms with Crippen LogP contribution in [0.25, 0.3) is 6.08 Å². The van der Waals surface area contributed by atoms with Crippen molar-refractivity contribution in [3.8, 4) is 0 Å². The summed E-state index contributed by atoms with van der Waals surface area (Å²) in [5, 5.41) is 0. The zero-order valence-electron chi connectivity index (χ0n) is 17.4. The van der Waals surface area contributed by atoms with Crippen LogP contribution in [-0.4, -0.2) is 41.5 Å². The highest BCUT2D eigenvalue weighted by Gasteiger charge is 2.79. The van der Waals surface area contributed by atoms with Gasteiger partial charge in [0.25, 0.3) is 0 Å². The molecule has 5 heterocycles. The predicted molar refractivity (Wildman–Crippen MR) is 105 cm³/mol. The first-order valence-electron chi connectivity index (χ1n) is 10.3. The second-order valence-corrected chi connectivity index (χ2v) is 9.10. The Morgan fingerprint density at radius 3 is 2.73 bits per heavy atom. The lowest BCUT2D eigenvalue weighted by Crippen LogP contribution is -2.42. The van der Waals surface area contributed by atoms with Gasteiger partial charge in [-0.05, 0) is 32.3 Å². The average molecular weight is 414 g/mol. The molecule has 160 valence electrons. The van der Waals surface area contributed by atoms with Crippen LogP contribution < -0.4 is 0 Å². The third kappa shape index (κ3) is 2.79. The Morgan fingerprint density at radius 2 is 2.10 bits per heavy atom. The summed E-state index contributed by atoms with van der Waals surface area (Å²) in [7, 11) is 0. The number of carbonyl (C=O) groups excluding carboxylic acids is 2. The Hall–Kier alpha value is -2.38. The number of rotatable bonds is 3. The molecule has 0 aliphatic carbocycles. The van der Waals surface area contributed by atoms with Gasteiger partial charge >= 0.3 is 11.9 Å². The largest absolute Gasteiger partial charge is 0.463 e. The molecule has 4 aliphatic heterocycles. The highest BCUT2D eigenvalue weighted by atomic mass is 16.7. The number of furan rings is 1. The van der Waals surface area contributed by atoms with E-state index in [0.717, 1.165) is 22.7 Å². The van der Waals surface area contributed by atoms with Crippen LogP contribution in [0.15, 0.2) is 29.2 Å². The molecule has 4 bridgehead atoms. The topological polar surface area (TPSA) is 90.8 Å². The summed E-state index contributed by atoms with van der Waals surface area (Å²) in [6.07, 6.45) is 1.29. The van der Waals surface area contributed by atoms with Crippen LogP contribution in [-0.2, 0) is 35.0 Å². The Labute approximate surface area is 175 Å². The highest BCUT2D eigenvalue weighted by Crippen LogP contribution is 2.59. The van der Waals surface area contributed by atoms with Crippen molar-refractivity contribution in [3.05, 3.63) is 41.9 Å². The minimum atomic E-state index is -1.24. The van der Waals surface area contributed by atoms with Gasteiger partial charge in [-0.1, -0.05) is 24.8 Å². The minimum absolute atomic E-state index is 0.0922. The van der Waals surface area contributed by atoms with Gasteiger partial charge in [0.1, 0.15) is 41.5 Å². The van der Waals surface area contributed by atoms with Crippen LogP contribution in [0.1, 0.15) is 56.8 Å². The first kappa shape index (κ1) is 19.6. The average Bonchev–Trinajstić information content (AvgIpc) is 3.49. The third-order valence-corrected chi connectivity index (χ3v) is 6.85. The SMILES string of the molecule is C=Cc1cc2oc1C[C@@H](C(=C)C)C[C@H](OC(C)=O)C13O[C@@H]1[C@@H](C[C@@]1(C)O[C@@H]21)OC3=O. The Kier molecular flexibility index (Phi) is 4.12. The van der Waals surface area contributed by atoms with E-state index in [-0.39, 0.29) is 12.0 Å². The number of allylic oxidation sites excluding steroid dienone is 1. The van der Waals surface area contributed by atoms with Gasteiger partial charge in [0.05, 0.1) is 0 Å². The first-order valence-corrected chi connectivity index (χ1v) is 10.3. The van der Waals surface area contributed by atoms with E-state index in [9.17, 15) is 9.59 Å². The van der Waals surface area contributed by atoms with Crippen molar-refractivity contribution in [1.29, 1.82) is 0 Å². The smallest absolute Gasteiger partial charge is 0.345 e. The Balaban J connectivity index is 1.57. The molecule has 0 amide bonds. The Bertz CT molecular complexity index is 961. The van der Waals surface area contributed by atoms with E-state index in [1.165, 1.54) is 6.92 Å². The van der Waals surface area contributed by atoms with E-state index in [1.807, 2.05) is 19.9 Å². The monoisotopic (exact) mass is 414 g/mol. The minimum Gasteiger partial charge on any atom is -0.463 e. The van der Waals surface area contributed by atoms with Crippen LogP contribution >= 0.6 is 0 Å². The summed E-state index contributed by atoms with van der Waals surface area (Å²) >= 11 is 0. The molecule has 1 unspecified atom stereocenters. The van der Waals surface area contributed by atoms with Gasteiger partial charge in [-0.3, -0.25) is 4.79 Å². The van der Waals surface area contributed by atoms with E-state index >= 15 is 0 Å². The molecule has 7 atom stereocenters. The molecule has 1 aromatic heterocycles. The van der Waals surface area contributed by atoms with E-state index < -0.39 is 41.5 Å². The molecule has 0 N–H and O–H groups in total. The maximum atomic E-state index is 12.9. The van der Waals surface area contributed by atoms with E-state index in [1.54, 1.807) is 6.08 Å². The molecule has 4 aliphatic rings. The molecule has 0 aromatic carbocycles. The van der Waals surface area contributed by atoms with Crippen molar-refractivity contribution in [3.63, 3.8) is 0 Å². The van der Waals surface area contributed by atoms with Gasteiger partial charge in [0, 0.05) is 25.3 Å². The van der Waals surface area contributed by atoms with Crippen LogP contribution in [0.5, 0.6) is 0 Å². The van der Waals surface area contributed by atoms with Crippen LogP contribution in [0.4, 0.5) is 0 Å². The lowest BCUT2D eigenvalue weighted by molar-refractivity contribution is -0.165. The van der Waals surface area contributed by atoms with E-state index in [2.05, 4.69) is 13.2 Å². The fourth-order valence-electron chi connectivity index (χ4n) is 5.05. The van der Waals surface area contributed by atoms with Gasteiger partial charge < -0.3 is 23.4 Å². The van der Waals surface area contributed by atoms with Gasteiger partial charge in [0.2, 0.25) is 5.60 Å². The molecule has 7 heteroatoms. The molecule has 1 aromatic rings. The van der Waals surface area contributed by atoms with Gasteiger partial charge in [-0.25, -0.2) is 4.79 Å². The fraction of sp³-hybridized carbons (Fsp3) is 0.565. The lowest BCUT2D eigenvalue weighted by atomic mass is 9.83. The second kappa shape index (κ2) is 6.31. The molecule has 5 rings (SSSR count). The van der Waals surface area contributed by atoms with E-state index in [4.69, 9.17) is 23.4 Å². The normalized spacial score (nSPS) is 41.2. The number of epoxide rings is 2. The van der Waals surface area contributed by atoms with Gasteiger partial charge in [-0.2, -0.15) is 0 Å². The fourth-order valence-corrected chi connectivity index (χ4v) is 5.05. The number of fused-ring (bicyclic) bond motifs is 4. The molecule has 0 spiro atoms. The molecule has 30 heavy (non-hydrogen) atoms. The van der Waals surface area contributed by atoms with Crippen molar-refractivity contribution < 1.29 is 33.0 Å². The zero-order chi connectivity index (χ0) is 21.4. The van der Waals surface area contributed by atoms with Crippen molar-refractivity contribution in [1.82, 2.24) is 0 Å². The molecular formula is C23H26O7. The number of esters is 2. The standard InChI is InChI=1S/C23H26O7/c1-6-13-7-16-19-22(5,29-19)10-17-20-23(30-20,21(25)28-17)18(26-12(4)24)9-14(11(2)3)8-15(13)27-16/h6-7,14,17-20H,1-2,8-10H2,3-5H3/t14-,17-,18+,19+,20-,22-,23?/m1/s1. The molecule has 0 radical (unpaired) electrons. The third-order valence-electron chi connectivity index (χ3n) is 6.85. The molecule has 3 saturated heterocycles. The van der Waals surface area contributed by atoms with E-state index in [0.29, 0.717) is 19.3 Å². The molecular weight excluding hydrogens is 388 g/mol. The predicted octanol–water partition coefficient (Wildman–Crippen LogP) is 3.28. The zero-order valence-corrected chi connectivity index (χ0v) is 17.4. The van der Waals surface area contributed by atoms with Crippen LogP contribution in [0.2, 0.25) is 0 Å². The summed E-state index contributed by atoms with van der Waals surface area (Å²) in [6, 6.07) is 1.96. The van der Waals surface area contributed by atoms with Crippen molar-refractivity contribution in [2.75, 3.05) is 0 Å². The van der Waals surface area contributed by atoms with Crippen molar-refractivity contribution >= 4 is 18.0 Å². The highest BCUT2D eigenvalue weighted by molar-refractivity contribution is 5.88. The number of hydrogen-bond acceptors (Lipinski definition) is 7. The van der Waals surface area contributed by atoms with Gasteiger partial charge in [0.15, 0.2) is 0 Å². The Morgan fingerprint density at radius 1 is 1.33 bits per heavy atom. The summed E-state index contributed by atoms with van der Waals surface area (Å²) in [5.74, 6) is 0.502. The quantitative estimate of drug-likeness (QED) is 0.426. The summed E-state index contributed by atoms with van der Waals surface area (Å²) in [6.45, 7) is 13.3. The number of ether oxygens (including phenoxy) is 4. The number of hydrogen-bond donors (Lipinski definition) is 0. The van der Waals surface area contributed by atoms with Gasteiger partial charge in [-0.15, -0.1) is 0 Å². The summed E-state index contributed by atoms with van der Waals surface area (Å²) in [4.78, 5) is 24.7. The summed E-state index contributed by atoms with van der Waals surface area (Å²) in [5.41, 5.74) is 0.0515. The van der Waals surface area contributed by atoms with Crippen molar-refractivity contribution in [2.24, 2.45) is 5.92 Å². The molecule has 0 saturated carbocycles. The summed E-state index contributed by atoms with van der Waals surface area (Å²) < 4.78 is 29.4. The molecule has 3 fully saturated rings. The maximum absolute atomic E-state index is 12.9. The maximum Gasteiger partial charge on any atom is 0.345 e. The van der Waals surface area contributed by atoms with Crippen molar-refractivity contribution in [2.45, 2.75) is 75.7 Å². The van der Waals surface area contributed by atoms with Crippen LogP contribution in [0, 0.1) is 5.92 Å². The molecule has 7 nitrogen and oxygen atoms in total. The second-order valence-electron chi connectivity index (χ2n) is 9.10. The first-order chi connectivity index (χ1) is 14.2. The van der Waals surface area contributed by atoms with Crippen LogP contribution in [0.3, 0.4) is 0 Å². The number of carbonyl (C=O) groups is 2. The lowest BCUT2D eigenvalue weighted by Gasteiger charge is -2.26.